The third kappa shape index (κ3) is 3.24. The molecular formula is C18H27ClN2O. The smallest absolute Gasteiger partial charge is 0.230 e. The van der Waals surface area contributed by atoms with E-state index in [1.165, 1.54) is 24.8 Å². The maximum Gasteiger partial charge on any atom is 0.230 e. The molecule has 1 aliphatic carbocycles. The van der Waals surface area contributed by atoms with Gasteiger partial charge in [-0.1, -0.05) is 19.4 Å². The highest BCUT2D eigenvalue weighted by atomic mass is 35.5. The van der Waals surface area contributed by atoms with Crippen LogP contribution in [0.4, 0.5) is 11.4 Å². The van der Waals surface area contributed by atoms with Crippen LogP contribution in [-0.4, -0.2) is 12.5 Å². The number of benzene rings is 1. The average Bonchev–Trinajstić information content (AvgIpc) is 2.54. The van der Waals surface area contributed by atoms with Crippen LogP contribution in [0.2, 0.25) is 0 Å². The summed E-state index contributed by atoms with van der Waals surface area (Å²) in [5.41, 5.74) is 9.14. The molecule has 0 bridgehead atoms. The molecule has 1 fully saturated rings. The Kier molecular flexibility index (Phi) is 5.74. The van der Waals surface area contributed by atoms with Gasteiger partial charge in [0.1, 0.15) is 0 Å². The first-order valence-corrected chi connectivity index (χ1v) is 8.39. The monoisotopic (exact) mass is 322 g/mol. The Morgan fingerprint density at radius 3 is 2.68 bits per heavy atom. The van der Waals surface area contributed by atoms with Gasteiger partial charge in [0, 0.05) is 23.8 Å². The van der Waals surface area contributed by atoms with E-state index in [9.17, 15) is 4.79 Å². The maximum absolute atomic E-state index is 12.9. The minimum atomic E-state index is 0. The van der Waals surface area contributed by atoms with Gasteiger partial charge in [-0.05, 0) is 62.1 Å². The molecule has 1 amide bonds. The zero-order valence-electron chi connectivity index (χ0n) is 13.4. The molecule has 0 atom stereocenters. The summed E-state index contributed by atoms with van der Waals surface area (Å²) >= 11 is 0. The average molecular weight is 323 g/mol. The Bertz CT molecular complexity index is 524. The van der Waals surface area contributed by atoms with Gasteiger partial charge in [-0.3, -0.25) is 4.79 Å². The van der Waals surface area contributed by atoms with Crippen molar-refractivity contribution in [1.82, 2.24) is 0 Å². The highest BCUT2D eigenvalue weighted by molar-refractivity contribution is 5.97. The number of rotatable bonds is 2. The first-order valence-electron chi connectivity index (χ1n) is 8.39. The fourth-order valence-corrected chi connectivity index (χ4v) is 3.92. The number of nitrogens with zero attached hydrogens (tertiary/aromatic N) is 1. The summed E-state index contributed by atoms with van der Waals surface area (Å²) < 4.78 is 0. The summed E-state index contributed by atoms with van der Waals surface area (Å²) in [6.45, 7) is 3.11. The molecular weight excluding hydrogens is 296 g/mol. The Morgan fingerprint density at radius 1 is 1.27 bits per heavy atom. The van der Waals surface area contributed by atoms with E-state index >= 15 is 0 Å². The molecule has 22 heavy (non-hydrogen) atoms. The van der Waals surface area contributed by atoms with Gasteiger partial charge >= 0.3 is 0 Å². The van der Waals surface area contributed by atoms with Gasteiger partial charge in [0.05, 0.1) is 0 Å². The van der Waals surface area contributed by atoms with E-state index in [-0.39, 0.29) is 18.3 Å². The lowest BCUT2D eigenvalue weighted by atomic mass is 9.80. The molecule has 4 heteroatoms. The Morgan fingerprint density at radius 2 is 2.00 bits per heavy atom. The predicted octanol–water partition coefficient (Wildman–Crippen LogP) is 4.19. The molecule has 0 unspecified atom stereocenters. The standard InChI is InChI=1S/C18H26N2O.ClH/c1-2-13-8-10-14(11-9-13)18(21)20-12-4-5-15-16(19)6-3-7-17(15)20;/h3,6-7,13-14H,2,4-5,8-12,19H2,1H3;1H. The molecule has 1 saturated carbocycles. The van der Waals surface area contributed by atoms with Crippen LogP contribution in [0.1, 0.15) is 51.0 Å². The number of anilines is 2. The van der Waals surface area contributed by atoms with Gasteiger partial charge in [0.25, 0.3) is 0 Å². The van der Waals surface area contributed by atoms with Crippen LogP contribution in [0, 0.1) is 11.8 Å². The first kappa shape index (κ1) is 17.1. The van der Waals surface area contributed by atoms with Crippen LogP contribution in [-0.2, 0) is 11.2 Å². The van der Waals surface area contributed by atoms with Crippen LogP contribution in [0.25, 0.3) is 0 Å². The summed E-state index contributed by atoms with van der Waals surface area (Å²) in [5, 5.41) is 0. The van der Waals surface area contributed by atoms with Crippen molar-refractivity contribution in [1.29, 1.82) is 0 Å². The molecule has 1 aliphatic heterocycles. The molecule has 1 aromatic carbocycles. The van der Waals surface area contributed by atoms with E-state index in [1.54, 1.807) is 0 Å². The number of nitrogens with two attached hydrogens (primary N) is 1. The summed E-state index contributed by atoms with van der Waals surface area (Å²) in [4.78, 5) is 14.9. The zero-order chi connectivity index (χ0) is 14.8. The fraction of sp³-hybridized carbons (Fsp3) is 0.611. The Labute approximate surface area is 139 Å². The molecule has 0 spiro atoms. The van der Waals surface area contributed by atoms with E-state index < -0.39 is 0 Å². The van der Waals surface area contributed by atoms with Crippen molar-refractivity contribution >= 4 is 29.7 Å². The van der Waals surface area contributed by atoms with E-state index in [1.807, 2.05) is 17.0 Å². The van der Waals surface area contributed by atoms with E-state index in [0.717, 1.165) is 49.5 Å². The quantitative estimate of drug-likeness (QED) is 0.830. The fourth-order valence-electron chi connectivity index (χ4n) is 3.92. The molecule has 0 radical (unpaired) electrons. The zero-order valence-corrected chi connectivity index (χ0v) is 14.2. The highest BCUT2D eigenvalue weighted by Crippen LogP contribution is 2.36. The second-order valence-electron chi connectivity index (χ2n) is 6.56. The SMILES string of the molecule is CCC1CCC(C(=O)N2CCCc3c(N)cccc32)CC1.Cl. The number of carbonyl (C=O) groups is 1. The largest absolute Gasteiger partial charge is 0.398 e. The third-order valence-corrected chi connectivity index (χ3v) is 5.33. The van der Waals surface area contributed by atoms with Gasteiger partial charge in [0.15, 0.2) is 0 Å². The minimum absolute atomic E-state index is 0. The molecule has 1 aromatic rings. The molecule has 0 aromatic heterocycles. The topological polar surface area (TPSA) is 46.3 Å². The van der Waals surface area contributed by atoms with E-state index in [0.29, 0.717) is 5.91 Å². The van der Waals surface area contributed by atoms with Gasteiger partial charge in [0.2, 0.25) is 5.91 Å². The first-order chi connectivity index (χ1) is 10.2. The van der Waals surface area contributed by atoms with Crippen molar-refractivity contribution in [2.45, 2.75) is 51.9 Å². The maximum atomic E-state index is 12.9. The number of nitrogen functional groups attached to an aromatic ring is 1. The van der Waals surface area contributed by atoms with Crippen LogP contribution < -0.4 is 10.6 Å². The Hall–Kier alpha value is -1.22. The lowest BCUT2D eigenvalue weighted by Gasteiger charge is -2.35. The van der Waals surface area contributed by atoms with Crippen LogP contribution in [0.5, 0.6) is 0 Å². The summed E-state index contributed by atoms with van der Waals surface area (Å²) in [7, 11) is 0. The number of halogens is 1. The number of amides is 1. The highest BCUT2D eigenvalue weighted by Gasteiger charge is 2.31. The lowest BCUT2D eigenvalue weighted by molar-refractivity contribution is -0.123. The van der Waals surface area contributed by atoms with Crippen molar-refractivity contribution in [3.63, 3.8) is 0 Å². The molecule has 2 N–H and O–H groups in total. The number of hydrogen-bond acceptors (Lipinski definition) is 2. The van der Waals surface area contributed by atoms with Gasteiger partial charge in [-0.25, -0.2) is 0 Å². The van der Waals surface area contributed by atoms with Crippen molar-refractivity contribution in [2.24, 2.45) is 11.8 Å². The number of fused-ring (bicyclic) bond motifs is 1. The normalized spacial score (nSPS) is 24.3. The summed E-state index contributed by atoms with van der Waals surface area (Å²) in [5.74, 6) is 1.38. The number of hydrogen-bond donors (Lipinski definition) is 1. The second kappa shape index (κ2) is 7.36. The molecule has 122 valence electrons. The summed E-state index contributed by atoms with van der Waals surface area (Å²) in [6, 6.07) is 5.97. The van der Waals surface area contributed by atoms with Crippen molar-refractivity contribution < 1.29 is 4.79 Å². The molecule has 3 rings (SSSR count). The van der Waals surface area contributed by atoms with Crippen LogP contribution >= 0.6 is 12.4 Å². The molecule has 0 saturated heterocycles. The van der Waals surface area contributed by atoms with Crippen LogP contribution in [0.3, 0.4) is 0 Å². The van der Waals surface area contributed by atoms with Crippen molar-refractivity contribution in [2.75, 3.05) is 17.2 Å². The second-order valence-corrected chi connectivity index (χ2v) is 6.56. The van der Waals surface area contributed by atoms with Crippen molar-refractivity contribution in [3.05, 3.63) is 23.8 Å². The van der Waals surface area contributed by atoms with Gasteiger partial charge < -0.3 is 10.6 Å². The third-order valence-electron chi connectivity index (χ3n) is 5.33. The lowest BCUT2D eigenvalue weighted by Crippen LogP contribution is -2.41. The summed E-state index contributed by atoms with van der Waals surface area (Å²) in [6.07, 6.45) is 7.82. The molecule has 2 aliphatic rings. The number of carbonyl (C=O) groups excluding carboxylic acids is 1. The predicted molar refractivity (Wildman–Crippen MR) is 94.5 cm³/mol. The minimum Gasteiger partial charge on any atom is -0.398 e. The molecule has 1 heterocycles. The van der Waals surface area contributed by atoms with Crippen molar-refractivity contribution in [3.8, 4) is 0 Å². The van der Waals surface area contributed by atoms with Gasteiger partial charge in [-0.2, -0.15) is 0 Å². The van der Waals surface area contributed by atoms with Crippen LogP contribution in [0.15, 0.2) is 18.2 Å². The van der Waals surface area contributed by atoms with Gasteiger partial charge in [-0.15, -0.1) is 12.4 Å². The Balaban J connectivity index is 0.00000176. The molecule has 3 nitrogen and oxygen atoms in total. The van der Waals surface area contributed by atoms with E-state index in [2.05, 4.69) is 13.0 Å². The van der Waals surface area contributed by atoms with E-state index in [4.69, 9.17) is 5.73 Å².